The van der Waals surface area contributed by atoms with E-state index in [1.54, 1.807) is 29.7 Å². The molecule has 0 radical (unpaired) electrons. The van der Waals surface area contributed by atoms with Crippen LogP contribution in [0.15, 0.2) is 66.9 Å². The van der Waals surface area contributed by atoms with Gasteiger partial charge in [0, 0.05) is 42.0 Å². The summed E-state index contributed by atoms with van der Waals surface area (Å²) in [6, 6.07) is 13.8. The van der Waals surface area contributed by atoms with E-state index >= 15 is 0 Å². The number of rotatable bonds is 6. The summed E-state index contributed by atoms with van der Waals surface area (Å²) in [5.41, 5.74) is 3.10. The Bertz CT molecular complexity index is 1540. The molecule has 0 spiro atoms. The number of benzene rings is 2. The van der Waals surface area contributed by atoms with Crippen molar-refractivity contribution in [3.63, 3.8) is 0 Å². The van der Waals surface area contributed by atoms with Crippen LogP contribution in [-0.4, -0.2) is 41.0 Å². The predicted molar refractivity (Wildman–Crippen MR) is 151 cm³/mol. The standard InChI is InChI=1S/C28H24F2N4O2S2/c1-34-12-9-18(10-13-34)25-16-22-27(38-25)24(8-11-31-22)36-23-7-6-20(15-21(23)30)32-28(37)33-26(35)14-17-2-4-19(29)5-3-17/h2-9,11,15-16H,10,12-14H2,1H3,(H2,32,33,35,37). The second-order valence-corrected chi connectivity index (χ2v) is 10.4. The van der Waals surface area contributed by atoms with Gasteiger partial charge >= 0.3 is 0 Å². The lowest BCUT2D eigenvalue weighted by Gasteiger charge is -2.21. The average Bonchev–Trinajstić information content (AvgIpc) is 3.33. The second kappa shape index (κ2) is 11.3. The first-order valence-corrected chi connectivity index (χ1v) is 13.2. The van der Waals surface area contributed by atoms with E-state index in [2.05, 4.69) is 39.7 Å². The van der Waals surface area contributed by atoms with E-state index < -0.39 is 5.82 Å². The van der Waals surface area contributed by atoms with Crippen molar-refractivity contribution in [1.29, 1.82) is 0 Å². The summed E-state index contributed by atoms with van der Waals surface area (Å²) in [7, 11) is 2.10. The van der Waals surface area contributed by atoms with Gasteiger partial charge in [-0.1, -0.05) is 18.2 Å². The van der Waals surface area contributed by atoms with Crippen molar-refractivity contribution in [2.24, 2.45) is 0 Å². The van der Waals surface area contributed by atoms with Gasteiger partial charge in [0.1, 0.15) is 11.6 Å². The molecule has 2 aromatic carbocycles. The molecule has 0 saturated carbocycles. The molecule has 194 valence electrons. The molecule has 10 heteroatoms. The molecule has 38 heavy (non-hydrogen) atoms. The molecule has 0 saturated heterocycles. The highest BCUT2D eigenvalue weighted by Crippen LogP contribution is 2.39. The number of carbonyl (C=O) groups is 1. The van der Waals surface area contributed by atoms with E-state index in [0.717, 1.165) is 34.6 Å². The van der Waals surface area contributed by atoms with E-state index in [-0.39, 0.29) is 29.0 Å². The summed E-state index contributed by atoms with van der Waals surface area (Å²) < 4.78 is 34.8. The van der Waals surface area contributed by atoms with Gasteiger partial charge < -0.3 is 20.3 Å². The Morgan fingerprint density at radius 1 is 1.13 bits per heavy atom. The van der Waals surface area contributed by atoms with Gasteiger partial charge in [0.2, 0.25) is 5.91 Å². The second-order valence-electron chi connectivity index (χ2n) is 8.93. The van der Waals surface area contributed by atoms with E-state index in [4.69, 9.17) is 17.0 Å². The molecule has 0 fully saturated rings. The molecule has 5 rings (SSSR count). The Labute approximate surface area is 228 Å². The maximum Gasteiger partial charge on any atom is 0.230 e. The number of thiophene rings is 1. The van der Waals surface area contributed by atoms with Crippen LogP contribution in [-0.2, 0) is 11.2 Å². The van der Waals surface area contributed by atoms with E-state index in [9.17, 15) is 13.6 Å². The van der Waals surface area contributed by atoms with Crippen LogP contribution in [0.3, 0.4) is 0 Å². The quantitative estimate of drug-likeness (QED) is 0.281. The summed E-state index contributed by atoms with van der Waals surface area (Å²) in [4.78, 5) is 20.1. The zero-order valence-corrected chi connectivity index (χ0v) is 22.1. The van der Waals surface area contributed by atoms with Crippen LogP contribution in [0.1, 0.15) is 16.9 Å². The molecular formula is C28H24F2N4O2S2. The summed E-state index contributed by atoms with van der Waals surface area (Å²) in [6.45, 7) is 1.91. The number of likely N-dealkylation sites (N-methyl/N-ethyl adjacent to an activating group) is 1. The van der Waals surface area contributed by atoms with Crippen molar-refractivity contribution >= 4 is 56.1 Å². The highest BCUT2D eigenvalue weighted by atomic mass is 32.1. The topological polar surface area (TPSA) is 66.5 Å². The average molecular weight is 551 g/mol. The minimum absolute atomic E-state index is 0.0235. The van der Waals surface area contributed by atoms with E-state index in [0.29, 0.717) is 17.0 Å². The molecule has 1 aliphatic heterocycles. The number of ether oxygens (including phenoxy) is 1. The van der Waals surface area contributed by atoms with Crippen molar-refractivity contribution in [1.82, 2.24) is 15.2 Å². The summed E-state index contributed by atoms with van der Waals surface area (Å²) in [5.74, 6) is -0.747. The molecule has 2 N–H and O–H groups in total. The van der Waals surface area contributed by atoms with Crippen LogP contribution in [0.2, 0.25) is 0 Å². The largest absolute Gasteiger partial charge is 0.453 e. The minimum atomic E-state index is -0.588. The normalized spacial score (nSPS) is 13.7. The number of halogens is 2. The van der Waals surface area contributed by atoms with Crippen LogP contribution in [0.5, 0.6) is 11.5 Å². The minimum Gasteiger partial charge on any atom is -0.453 e. The fourth-order valence-corrected chi connectivity index (χ4v) is 5.41. The first-order valence-electron chi connectivity index (χ1n) is 11.9. The zero-order valence-electron chi connectivity index (χ0n) is 20.5. The third-order valence-corrected chi connectivity index (χ3v) is 7.46. The number of anilines is 1. The van der Waals surface area contributed by atoms with Gasteiger partial charge in [-0.25, -0.2) is 8.78 Å². The van der Waals surface area contributed by atoms with E-state index in [1.165, 1.54) is 42.0 Å². The van der Waals surface area contributed by atoms with Crippen molar-refractivity contribution < 1.29 is 18.3 Å². The highest BCUT2D eigenvalue weighted by molar-refractivity contribution is 7.80. The number of fused-ring (bicyclic) bond motifs is 1. The maximum atomic E-state index is 14.9. The summed E-state index contributed by atoms with van der Waals surface area (Å²) >= 11 is 6.77. The Hall–Kier alpha value is -3.73. The number of carbonyl (C=O) groups excluding carboxylic acids is 1. The molecule has 4 aromatic rings. The highest BCUT2D eigenvalue weighted by Gasteiger charge is 2.16. The molecule has 6 nitrogen and oxygen atoms in total. The van der Waals surface area contributed by atoms with Crippen LogP contribution in [0.4, 0.5) is 14.5 Å². The molecule has 2 aromatic heterocycles. The van der Waals surface area contributed by atoms with Crippen molar-refractivity contribution in [2.45, 2.75) is 12.8 Å². The first-order chi connectivity index (χ1) is 18.3. The number of aromatic nitrogens is 1. The Morgan fingerprint density at radius 3 is 2.68 bits per heavy atom. The molecule has 0 atom stereocenters. The summed E-state index contributed by atoms with van der Waals surface area (Å²) in [6.07, 6.45) is 4.88. The van der Waals surface area contributed by atoms with Gasteiger partial charge in [0.25, 0.3) is 0 Å². The Morgan fingerprint density at radius 2 is 1.95 bits per heavy atom. The van der Waals surface area contributed by atoms with Gasteiger partial charge in [-0.2, -0.15) is 0 Å². The molecule has 3 heterocycles. The number of amides is 1. The SMILES string of the molecule is CN1CC=C(c2cc3nccc(Oc4ccc(NC(=S)NC(=O)Cc5ccc(F)cc5)cc4F)c3s2)CC1. The zero-order chi connectivity index (χ0) is 26.6. The molecule has 1 amide bonds. The Kier molecular flexibility index (Phi) is 7.73. The molecule has 1 aliphatic rings. The number of nitrogens with one attached hydrogen (secondary N) is 2. The van der Waals surface area contributed by atoms with Gasteiger partial charge in [-0.05, 0) is 67.2 Å². The molecule has 0 aliphatic carbocycles. The number of hydrogen-bond acceptors (Lipinski definition) is 6. The number of pyridine rings is 1. The monoisotopic (exact) mass is 550 g/mol. The fraction of sp³-hybridized carbons (Fsp3) is 0.179. The smallest absolute Gasteiger partial charge is 0.230 e. The van der Waals surface area contributed by atoms with Gasteiger partial charge in [0.15, 0.2) is 16.7 Å². The van der Waals surface area contributed by atoms with Crippen molar-refractivity contribution in [3.8, 4) is 11.5 Å². The third-order valence-electron chi connectivity index (χ3n) is 6.05. The number of thiocarbonyl (C=S) groups is 1. The van der Waals surface area contributed by atoms with Crippen molar-refractivity contribution in [3.05, 3.63) is 88.9 Å². The van der Waals surface area contributed by atoms with Gasteiger partial charge in [-0.15, -0.1) is 11.3 Å². The summed E-state index contributed by atoms with van der Waals surface area (Å²) in [5, 5.41) is 5.36. The van der Waals surface area contributed by atoms with Crippen LogP contribution < -0.4 is 15.4 Å². The molecule has 0 bridgehead atoms. The lowest BCUT2D eigenvalue weighted by atomic mass is 10.1. The molecular weight excluding hydrogens is 526 g/mol. The van der Waals surface area contributed by atoms with Crippen molar-refractivity contribution in [2.75, 3.05) is 25.5 Å². The van der Waals surface area contributed by atoms with Gasteiger partial charge in [0.05, 0.1) is 16.6 Å². The van der Waals surface area contributed by atoms with Crippen LogP contribution in [0, 0.1) is 11.6 Å². The van der Waals surface area contributed by atoms with Crippen LogP contribution in [0.25, 0.3) is 15.8 Å². The first kappa shape index (κ1) is 25.9. The van der Waals surface area contributed by atoms with Crippen LogP contribution >= 0.6 is 23.6 Å². The third kappa shape index (κ3) is 6.21. The lowest BCUT2D eigenvalue weighted by molar-refractivity contribution is -0.119. The lowest BCUT2D eigenvalue weighted by Crippen LogP contribution is -2.35. The van der Waals surface area contributed by atoms with E-state index in [1.807, 2.05) is 0 Å². The van der Waals surface area contributed by atoms with Gasteiger partial charge in [-0.3, -0.25) is 9.78 Å². The Balaban J connectivity index is 1.24. The fourth-order valence-electron chi connectivity index (χ4n) is 4.05. The molecule has 0 unspecified atom stereocenters. The number of nitrogens with zero attached hydrogens (tertiary/aromatic N) is 2. The maximum absolute atomic E-state index is 14.9. The predicted octanol–water partition coefficient (Wildman–Crippen LogP) is 6.14. The number of hydrogen-bond donors (Lipinski definition) is 2.